The highest BCUT2D eigenvalue weighted by atomic mass is 32.1. The van der Waals surface area contributed by atoms with Crippen LogP contribution in [0.5, 0.6) is 0 Å². The molecule has 3 rings (SSSR count). The van der Waals surface area contributed by atoms with Crippen LogP contribution in [0.2, 0.25) is 0 Å². The smallest absolute Gasteiger partial charge is 0.345 e. The van der Waals surface area contributed by atoms with Crippen LogP contribution in [-0.2, 0) is 6.42 Å². The second-order valence-electron chi connectivity index (χ2n) is 9.22. The van der Waals surface area contributed by atoms with Crippen molar-refractivity contribution in [3.63, 3.8) is 0 Å². The van der Waals surface area contributed by atoms with Gasteiger partial charge in [-0.3, -0.25) is 0 Å². The summed E-state index contributed by atoms with van der Waals surface area (Å²) in [6.45, 7) is 2.20. The molecule has 3 unspecified atom stereocenters. The van der Waals surface area contributed by atoms with Crippen molar-refractivity contribution in [2.45, 2.75) is 90.1 Å². The van der Waals surface area contributed by atoms with Gasteiger partial charge in [0.15, 0.2) is 0 Å². The highest BCUT2D eigenvalue weighted by Crippen LogP contribution is 2.48. The molecule has 0 aliphatic heterocycles. The van der Waals surface area contributed by atoms with Crippen LogP contribution in [0.3, 0.4) is 0 Å². The van der Waals surface area contributed by atoms with E-state index >= 15 is 0 Å². The molecular weight excluding hydrogens is 382 g/mol. The topological polar surface area (TPSA) is 81.3 Å². The molecule has 160 valence electrons. The number of thiophene rings is 1. The number of aliphatic hydroxyl groups is 1. The molecule has 0 saturated heterocycles. The Bertz CT molecular complexity index is 712. The van der Waals surface area contributed by atoms with Gasteiger partial charge in [0, 0.05) is 10.8 Å². The van der Waals surface area contributed by atoms with Crippen LogP contribution in [0, 0.1) is 34.5 Å². The van der Waals surface area contributed by atoms with Crippen molar-refractivity contribution in [2.24, 2.45) is 23.2 Å². The fourth-order valence-electron chi connectivity index (χ4n) is 5.68. The van der Waals surface area contributed by atoms with Crippen LogP contribution in [-0.4, -0.2) is 22.3 Å². The average Bonchev–Trinajstić information content (AvgIpc) is 3.29. The second-order valence-corrected chi connectivity index (χ2v) is 10.4. The Hall–Kier alpha value is -1.38. The molecule has 4 atom stereocenters. The summed E-state index contributed by atoms with van der Waals surface area (Å²) < 4.78 is 0. The first-order chi connectivity index (χ1) is 14.0. The Kier molecular flexibility index (Phi) is 7.76. The zero-order valence-corrected chi connectivity index (χ0v) is 18.4. The molecule has 5 heteroatoms. The van der Waals surface area contributed by atoms with Crippen LogP contribution in [0.4, 0.5) is 0 Å². The van der Waals surface area contributed by atoms with Gasteiger partial charge in [-0.15, -0.1) is 11.3 Å². The van der Waals surface area contributed by atoms with Crippen LogP contribution in [0.25, 0.3) is 0 Å². The summed E-state index contributed by atoms with van der Waals surface area (Å²) in [6.07, 6.45) is 12.7. The number of nitrogens with zero attached hydrogens (tertiary/aromatic N) is 1. The summed E-state index contributed by atoms with van der Waals surface area (Å²) >= 11 is 1.38. The van der Waals surface area contributed by atoms with Crippen LogP contribution >= 0.6 is 11.3 Å². The van der Waals surface area contributed by atoms with Crippen molar-refractivity contribution in [3.05, 3.63) is 21.9 Å². The summed E-state index contributed by atoms with van der Waals surface area (Å²) in [5, 5.41) is 29.3. The summed E-state index contributed by atoms with van der Waals surface area (Å²) in [5.41, 5.74) is 0.180. The standard InChI is InChI=1S/C24H35NO3S/c1-2-24(14-5-15-24)22(26)9-4-8-20-17(10-11-18(20)16-25)6-3-7-19-12-13-21(29-19)23(27)28/h12-13,17-18,20,22,26H,2-11,14-15H2,1H3,(H,27,28)/t17?,18-,20?,22?/m1/s1. The van der Waals surface area contributed by atoms with Gasteiger partial charge >= 0.3 is 5.97 Å². The normalized spacial score (nSPS) is 26.6. The van der Waals surface area contributed by atoms with Gasteiger partial charge in [-0.2, -0.15) is 5.26 Å². The fraction of sp³-hybridized carbons (Fsp3) is 0.750. The van der Waals surface area contributed by atoms with E-state index in [4.69, 9.17) is 5.11 Å². The number of carboxylic acids is 1. The maximum absolute atomic E-state index is 11.0. The maximum Gasteiger partial charge on any atom is 0.345 e. The Morgan fingerprint density at radius 2 is 2.10 bits per heavy atom. The van der Waals surface area contributed by atoms with E-state index in [1.54, 1.807) is 6.07 Å². The van der Waals surface area contributed by atoms with Gasteiger partial charge in [-0.25, -0.2) is 4.79 Å². The van der Waals surface area contributed by atoms with Crippen LogP contribution in [0.1, 0.15) is 92.1 Å². The largest absolute Gasteiger partial charge is 0.477 e. The molecule has 1 aromatic rings. The van der Waals surface area contributed by atoms with Crippen molar-refractivity contribution in [1.29, 1.82) is 5.26 Å². The third-order valence-electron chi connectivity index (χ3n) is 7.78. The minimum atomic E-state index is -0.845. The zero-order chi connectivity index (χ0) is 20.9. The van der Waals surface area contributed by atoms with Crippen molar-refractivity contribution in [2.75, 3.05) is 0 Å². The Morgan fingerprint density at radius 1 is 1.31 bits per heavy atom. The molecule has 2 aliphatic rings. The SMILES string of the molecule is CCC1(C(O)CCCC2C(CCCc3ccc(C(=O)O)s3)CC[C@@H]2C#N)CCC1. The van der Waals surface area contributed by atoms with E-state index in [0.717, 1.165) is 62.7 Å². The molecule has 2 saturated carbocycles. The minimum absolute atomic E-state index is 0.168. The third-order valence-corrected chi connectivity index (χ3v) is 8.92. The molecule has 0 amide bonds. The van der Waals surface area contributed by atoms with Gasteiger partial charge in [0.1, 0.15) is 4.88 Å². The molecule has 0 bridgehead atoms. The molecule has 2 fully saturated rings. The predicted molar refractivity (Wildman–Crippen MR) is 116 cm³/mol. The highest BCUT2D eigenvalue weighted by Gasteiger charge is 2.41. The zero-order valence-electron chi connectivity index (χ0n) is 17.6. The van der Waals surface area contributed by atoms with E-state index in [9.17, 15) is 15.2 Å². The fourth-order valence-corrected chi connectivity index (χ4v) is 6.57. The number of hydrogen-bond acceptors (Lipinski definition) is 4. The predicted octanol–water partition coefficient (Wildman–Crippen LogP) is 6.05. The van der Waals surface area contributed by atoms with Gasteiger partial charge in [-0.1, -0.05) is 19.8 Å². The lowest BCUT2D eigenvalue weighted by Crippen LogP contribution is -2.40. The average molecular weight is 418 g/mol. The Labute approximate surface area is 179 Å². The molecule has 0 radical (unpaired) electrons. The maximum atomic E-state index is 11.0. The summed E-state index contributed by atoms with van der Waals surface area (Å²) in [6, 6.07) is 6.18. The van der Waals surface area contributed by atoms with E-state index in [2.05, 4.69) is 13.0 Å². The summed E-state index contributed by atoms with van der Waals surface area (Å²) in [4.78, 5) is 12.6. The van der Waals surface area contributed by atoms with Gasteiger partial charge < -0.3 is 10.2 Å². The number of carboxylic acid groups (broad SMARTS) is 1. The Balaban J connectivity index is 1.45. The van der Waals surface area contributed by atoms with Crippen molar-refractivity contribution in [1.82, 2.24) is 0 Å². The van der Waals surface area contributed by atoms with E-state index in [-0.39, 0.29) is 17.4 Å². The van der Waals surface area contributed by atoms with Crippen molar-refractivity contribution < 1.29 is 15.0 Å². The summed E-state index contributed by atoms with van der Waals surface area (Å²) in [7, 11) is 0. The number of carbonyl (C=O) groups is 1. The van der Waals surface area contributed by atoms with Gasteiger partial charge in [-0.05, 0) is 93.6 Å². The number of aliphatic hydroxyl groups excluding tert-OH is 1. The van der Waals surface area contributed by atoms with Crippen molar-refractivity contribution in [3.8, 4) is 6.07 Å². The second kappa shape index (κ2) is 10.1. The Morgan fingerprint density at radius 3 is 2.69 bits per heavy atom. The van der Waals surface area contributed by atoms with E-state index in [1.165, 1.54) is 30.6 Å². The number of aryl methyl sites for hydroxylation is 1. The first-order valence-corrected chi connectivity index (χ1v) is 12.2. The van der Waals surface area contributed by atoms with E-state index in [1.807, 2.05) is 6.07 Å². The lowest BCUT2D eigenvalue weighted by molar-refractivity contribution is -0.0438. The number of aromatic carboxylic acids is 1. The molecule has 1 aromatic heterocycles. The van der Waals surface area contributed by atoms with Crippen molar-refractivity contribution >= 4 is 17.3 Å². The highest BCUT2D eigenvalue weighted by molar-refractivity contribution is 7.13. The number of nitriles is 1. The monoisotopic (exact) mass is 417 g/mol. The summed E-state index contributed by atoms with van der Waals surface area (Å²) in [5.74, 6) is 0.382. The van der Waals surface area contributed by atoms with Gasteiger partial charge in [0.25, 0.3) is 0 Å². The van der Waals surface area contributed by atoms with E-state index < -0.39 is 5.97 Å². The lowest BCUT2D eigenvalue weighted by Gasteiger charge is -2.45. The van der Waals surface area contributed by atoms with E-state index in [0.29, 0.717) is 16.7 Å². The molecule has 0 spiro atoms. The molecule has 0 aromatic carbocycles. The molecule has 2 aliphatic carbocycles. The third kappa shape index (κ3) is 5.22. The molecular formula is C24H35NO3S. The number of hydrogen-bond donors (Lipinski definition) is 2. The lowest BCUT2D eigenvalue weighted by atomic mass is 9.62. The van der Waals surface area contributed by atoms with Crippen LogP contribution < -0.4 is 0 Å². The number of rotatable bonds is 11. The molecule has 29 heavy (non-hydrogen) atoms. The van der Waals surface area contributed by atoms with Crippen LogP contribution in [0.15, 0.2) is 12.1 Å². The molecule has 1 heterocycles. The molecule has 2 N–H and O–H groups in total. The minimum Gasteiger partial charge on any atom is -0.477 e. The van der Waals surface area contributed by atoms with Gasteiger partial charge in [0.2, 0.25) is 0 Å². The first kappa shape index (κ1) is 22.3. The first-order valence-electron chi connectivity index (χ1n) is 11.4. The van der Waals surface area contributed by atoms with Gasteiger partial charge in [0.05, 0.1) is 12.2 Å². The quantitative estimate of drug-likeness (QED) is 0.459. The molecule has 4 nitrogen and oxygen atoms in total.